The van der Waals surface area contributed by atoms with Gasteiger partial charge in [-0.05, 0) is 12.1 Å². The van der Waals surface area contributed by atoms with Crippen LogP contribution in [0.15, 0.2) is 57.2 Å². The van der Waals surface area contributed by atoms with Crippen LogP contribution >= 0.6 is 0 Å². The minimum Gasteiger partial charge on any atom is -0.400 e. The Morgan fingerprint density at radius 1 is 1.28 bits per heavy atom. The molecule has 3 N–H and O–H groups in total. The molecule has 1 atom stereocenters. The Hall–Kier alpha value is -3.19. The number of hydrogen-bond acceptors (Lipinski definition) is 6. The van der Waals surface area contributed by atoms with Crippen LogP contribution in [0.3, 0.4) is 0 Å². The molecule has 32 heavy (non-hydrogen) atoms. The van der Waals surface area contributed by atoms with Gasteiger partial charge in [0.05, 0.1) is 19.1 Å². The lowest BCUT2D eigenvalue weighted by molar-refractivity contribution is -0.132. The molecule has 0 saturated carbocycles. The summed E-state index contributed by atoms with van der Waals surface area (Å²) in [5.41, 5.74) is 6.34. The molecule has 172 valence electrons. The van der Waals surface area contributed by atoms with Gasteiger partial charge in [-0.2, -0.15) is 17.9 Å². The topological polar surface area (TPSA) is 131 Å². The van der Waals surface area contributed by atoms with E-state index >= 15 is 0 Å². The molecule has 0 unspecified atom stereocenters. The van der Waals surface area contributed by atoms with Gasteiger partial charge >= 0.3 is 10.0 Å². The quantitative estimate of drug-likeness (QED) is 0.550. The minimum atomic E-state index is -4.28. The number of carbonyl (C=O) groups excluding carboxylic acids is 1. The van der Waals surface area contributed by atoms with Gasteiger partial charge in [0.2, 0.25) is 5.91 Å². The van der Waals surface area contributed by atoms with Gasteiger partial charge in [0, 0.05) is 35.8 Å². The molecule has 0 bridgehead atoms. The Morgan fingerprint density at radius 2 is 2.00 bits per heavy atom. The highest BCUT2D eigenvalue weighted by Crippen LogP contribution is 2.24. The molecule has 2 heterocycles. The van der Waals surface area contributed by atoms with Gasteiger partial charge in [-0.15, -0.1) is 0 Å². The highest BCUT2D eigenvalue weighted by atomic mass is 32.2. The summed E-state index contributed by atoms with van der Waals surface area (Å²) in [4.78, 5) is 14.1. The van der Waals surface area contributed by atoms with E-state index in [9.17, 15) is 31.5 Å². The van der Waals surface area contributed by atoms with Crippen LogP contribution in [0.4, 0.5) is 13.2 Å². The molecule has 1 amide bonds. The number of aromatic nitrogens is 2. The van der Waals surface area contributed by atoms with E-state index in [1.54, 1.807) is 0 Å². The molecule has 1 aliphatic rings. The summed E-state index contributed by atoms with van der Waals surface area (Å²) in [7, 11) is -4.28. The number of benzene rings is 1. The van der Waals surface area contributed by atoms with Crippen LogP contribution in [0.5, 0.6) is 0 Å². The van der Waals surface area contributed by atoms with Crippen molar-refractivity contribution in [2.24, 2.45) is 10.1 Å². The molecule has 1 aliphatic heterocycles. The second-order valence-electron chi connectivity index (χ2n) is 6.98. The van der Waals surface area contributed by atoms with Crippen molar-refractivity contribution in [2.45, 2.75) is 23.9 Å². The van der Waals surface area contributed by atoms with E-state index in [0.29, 0.717) is 0 Å². The molecule has 13 heteroatoms. The van der Waals surface area contributed by atoms with Crippen LogP contribution < -0.4 is 5.73 Å². The summed E-state index contributed by atoms with van der Waals surface area (Å²) in [6.45, 7) is -1.56. The van der Waals surface area contributed by atoms with Gasteiger partial charge in [-0.1, -0.05) is 18.2 Å². The Bertz CT molecular complexity index is 1160. The predicted octanol–water partition coefficient (Wildman–Crippen LogP) is 0.878. The van der Waals surface area contributed by atoms with Crippen LogP contribution in [-0.4, -0.2) is 66.4 Å². The molecule has 1 aromatic heterocycles. The number of sulfonamides is 1. The van der Waals surface area contributed by atoms with Crippen molar-refractivity contribution in [3.63, 3.8) is 0 Å². The first-order valence-electron chi connectivity index (χ1n) is 9.36. The fourth-order valence-electron chi connectivity index (χ4n) is 3.15. The van der Waals surface area contributed by atoms with Crippen molar-refractivity contribution in [2.75, 3.05) is 19.7 Å². The fourth-order valence-corrected chi connectivity index (χ4v) is 3.96. The molecule has 0 aliphatic carbocycles. The second-order valence-corrected chi connectivity index (χ2v) is 8.56. The molecule has 3 rings (SSSR count). The van der Waals surface area contributed by atoms with Gasteiger partial charge in [0.15, 0.2) is 5.03 Å². The Balaban J connectivity index is 1.72. The first kappa shape index (κ1) is 23.5. The lowest BCUT2D eigenvalue weighted by Gasteiger charge is -2.22. The van der Waals surface area contributed by atoms with E-state index in [4.69, 9.17) is 5.73 Å². The van der Waals surface area contributed by atoms with E-state index in [2.05, 4.69) is 9.50 Å². The van der Waals surface area contributed by atoms with Crippen molar-refractivity contribution in [1.29, 1.82) is 0 Å². The minimum absolute atomic E-state index is 0.0302. The first-order chi connectivity index (χ1) is 15.1. The van der Waals surface area contributed by atoms with Crippen molar-refractivity contribution in [1.82, 2.24) is 14.7 Å². The summed E-state index contributed by atoms with van der Waals surface area (Å²) in [6.07, 6.45) is -0.648. The van der Waals surface area contributed by atoms with Crippen LogP contribution in [0.2, 0.25) is 0 Å². The van der Waals surface area contributed by atoms with Gasteiger partial charge in [-0.3, -0.25) is 9.48 Å². The Morgan fingerprint density at radius 3 is 2.66 bits per heavy atom. The third-order valence-corrected chi connectivity index (χ3v) is 5.89. The molecular formula is C19H20F3N5O4S. The number of rotatable bonds is 8. The number of nitrogens with two attached hydrogens (primary N) is 1. The number of nitrogens with zero attached hydrogens (tertiary/aromatic N) is 4. The highest BCUT2D eigenvalue weighted by Gasteiger charge is 2.31. The van der Waals surface area contributed by atoms with Crippen LogP contribution in [-0.2, 0) is 21.4 Å². The van der Waals surface area contributed by atoms with Gasteiger partial charge in [-0.25, -0.2) is 13.2 Å². The summed E-state index contributed by atoms with van der Waals surface area (Å²) in [6, 6.07) is 6.60. The maximum atomic E-state index is 14.1. The molecular weight excluding hydrogens is 451 g/mol. The number of aliphatic hydroxyl groups is 1. The third kappa shape index (κ3) is 5.16. The maximum Gasteiger partial charge on any atom is 0.301 e. The molecule has 0 fully saturated rings. The summed E-state index contributed by atoms with van der Waals surface area (Å²) < 4.78 is 67.8. The van der Waals surface area contributed by atoms with Crippen molar-refractivity contribution < 1.29 is 31.5 Å². The Labute approximate surface area is 181 Å². The van der Waals surface area contributed by atoms with Crippen molar-refractivity contribution in [3.8, 4) is 0 Å². The van der Waals surface area contributed by atoms with Crippen molar-refractivity contribution in [3.05, 3.63) is 59.2 Å². The van der Waals surface area contributed by atoms with E-state index in [-0.39, 0.29) is 29.9 Å². The van der Waals surface area contributed by atoms with Gasteiger partial charge in [0.1, 0.15) is 12.4 Å². The summed E-state index contributed by atoms with van der Waals surface area (Å²) >= 11 is 0. The van der Waals surface area contributed by atoms with Crippen LogP contribution in [0, 0.1) is 5.82 Å². The van der Waals surface area contributed by atoms with Gasteiger partial charge < -0.3 is 15.7 Å². The number of aliphatic hydroxyl groups excluding tert-OH is 1. The molecule has 0 saturated heterocycles. The zero-order valence-electron chi connectivity index (χ0n) is 16.6. The predicted molar refractivity (Wildman–Crippen MR) is 108 cm³/mol. The fraction of sp³-hybridized carbons (Fsp3) is 0.316. The number of carbonyl (C=O) groups is 1. The number of halogens is 3. The molecule has 0 radical (unpaired) electrons. The van der Waals surface area contributed by atoms with Crippen LogP contribution in [0.25, 0.3) is 0 Å². The van der Waals surface area contributed by atoms with Crippen LogP contribution in [0.1, 0.15) is 11.5 Å². The second kappa shape index (κ2) is 9.53. The average molecular weight is 471 g/mol. The standard InChI is InChI=1S/C19H20F3N5O4S/c20-15-4-2-1-3-13(15)14(11-28)19(29)26-8-12(16(23)9-26)7-24-32(30,31)18-5-6-27(25-18)10-17(21)22/h1-7,14,17,28H,8-11,23H2/b24-7+/t14-/m1/s1. The summed E-state index contributed by atoms with van der Waals surface area (Å²) in [5, 5.41) is 12.7. The normalized spacial score (nSPS) is 15.8. The lowest BCUT2D eigenvalue weighted by Crippen LogP contribution is -2.36. The molecule has 2 aromatic rings. The maximum absolute atomic E-state index is 14.1. The number of alkyl halides is 2. The van der Waals surface area contributed by atoms with Crippen molar-refractivity contribution >= 4 is 22.1 Å². The average Bonchev–Trinajstić information content (AvgIpc) is 3.35. The number of amides is 1. The van der Waals surface area contributed by atoms with E-state index in [0.717, 1.165) is 23.2 Å². The number of hydrogen-bond donors (Lipinski definition) is 2. The zero-order chi connectivity index (χ0) is 23.5. The molecule has 1 aromatic carbocycles. The zero-order valence-corrected chi connectivity index (χ0v) is 17.4. The monoisotopic (exact) mass is 471 g/mol. The van der Waals surface area contributed by atoms with Gasteiger partial charge in [0.25, 0.3) is 6.43 Å². The summed E-state index contributed by atoms with van der Waals surface area (Å²) in [5.74, 6) is -2.38. The van der Waals surface area contributed by atoms with E-state index in [1.165, 1.54) is 29.2 Å². The van der Waals surface area contributed by atoms with E-state index in [1.807, 2.05) is 0 Å². The first-order valence-corrected chi connectivity index (χ1v) is 10.8. The highest BCUT2D eigenvalue weighted by molar-refractivity contribution is 7.90. The SMILES string of the molecule is NC1=C(/C=N/S(=O)(=O)c2ccn(CC(F)F)n2)CN(C(=O)[C@H](CO)c2ccccc2F)C1. The lowest BCUT2D eigenvalue weighted by atomic mass is 9.98. The smallest absolute Gasteiger partial charge is 0.301 e. The largest absolute Gasteiger partial charge is 0.400 e. The third-order valence-electron chi connectivity index (χ3n) is 4.76. The molecule has 9 nitrogen and oxygen atoms in total. The molecule has 0 spiro atoms. The Kier molecular flexibility index (Phi) is 6.99. The van der Waals surface area contributed by atoms with E-state index < -0.39 is 52.3 Å².